The first-order valence-electron chi connectivity index (χ1n) is 7.75. The van der Waals surface area contributed by atoms with Crippen LogP contribution in [0.25, 0.3) is 0 Å². The summed E-state index contributed by atoms with van der Waals surface area (Å²) in [4.78, 5) is 7.04. The van der Waals surface area contributed by atoms with E-state index in [9.17, 15) is 0 Å². The van der Waals surface area contributed by atoms with E-state index in [0.717, 1.165) is 19.0 Å². The van der Waals surface area contributed by atoms with E-state index in [1.54, 1.807) is 0 Å². The van der Waals surface area contributed by atoms with Crippen molar-refractivity contribution in [2.45, 2.75) is 52.1 Å². The Balaban J connectivity index is 1.81. The van der Waals surface area contributed by atoms with Gasteiger partial charge in [0.05, 0.1) is 12.0 Å². The van der Waals surface area contributed by atoms with Crippen LogP contribution in [0.3, 0.4) is 0 Å². The zero-order valence-electron chi connectivity index (χ0n) is 12.2. The lowest BCUT2D eigenvalue weighted by Crippen LogP contribution is -2.24. The maximum atomic E-state index is 5.56. The second kappa shape index (κ2) is 7.65. The summed E-state index contributed by atoms with van der Waals surface area (Å²) in [5.41, 5.74) is 6.74. The van der Waals surface area contributed by atoms with Crippen LogP contribution in [0.15, 0.2) is 12.5 Å². The maximum Gasteiger partial charge on any atom is 0.0950 e. The molecule has 1 aliphatic heterocycles. The fourth-order valence-electron chi connectivity index (χ4n) is 3.07. The van der Waals surface area contributed by atoms with Gasteiger partial charge < -0.3 is 10.3 Å². The smallest absolute Gasteiger partial charge is 0.0950 e. The third kappa shape index (κ3) is 4.62. The molecule has 4 nitrogen and oxygen atoms in total. The van der Waals surface area contributed by atoms with Crippen molar-refractivity contribution in [2.75, 3.05) is 19.6 Å². The Morgan fingerprint density at radius 1 is 1.37 bits per heavy atom. The zero-order valence-corrected chi connectivity index (χ0v) is 12.2. The molecule has 1 fully saturated rings. The van der Waals surface area contributed by atoms with Crippen molar-refractivity contribution in [3.05, 3.63) is 18.2 Å². The number of hydrogen-bond acceptors (Lipinski definition) is 3. The summed E-state index contributed by atoms with van der Waals surface area (Å²) < 4.78 is 2.09. The summed E-state index contributed by atoms with van der Waals surface area (Å²) in [5, 5.41) is 0. The van der Waals surface area contributed by atoms with Gasteiger partial charge >= 0.3 is 0 Å². The van der Waals surface area contributed by atoms with Crippen LogP contribution in [-0.4, -0.2) is 34.1 Å². The molecular formula is C15H28N4. The van der Waals surface area contributed by atoms with E-state index in [2.05, 4.69) is 27.6 Å². The summed E-state index contributed by atoms with van der Waals surface area (Å²) >= 11 is 0. The number of hydrogen-bond donors (Lipinski definition) is 1. The van der Waals surface area contributed by atoms with Crippen molar-refractivity contribution in [2.24, 2.45) is 11.7 Å². The van der Waals surface area contributed by atoms with Crippen LogP contribution >= 0.6 is 0 Å². The van der Waals surface area contributed by atoms with Crippen LogP contribution in [-0.2, 0) is 13.1 Å². The lowest BCUT2D eigenvalue weighted by Gasteiger charge is -2.18. The Bertz CT molecular complexity index is 361. The van der Waals surface area contributed by atoms with Crippen molar-refractivity contribution in [1.29, 1.82) is 0 Å². The fourth-order valence-corrected chi connectivity index (χ4v) is 3.07. The highest BCUT2D eigenvalue weighted by atomic mass is 15.1. The molecule has 2 heterocycles. The summed E-state index contributed by atoms with van der Waals surface area (Å²) in [6, 6.07) is 0. The van der Waals surface area contributed by atoms with E-state index in [1.807, 2.05) is 6.33 Å². The topological polar surface area (TPSA) is 47.1 Å². The van der Waals surface area contributed by atoms with E-state index >= 15 is 0 Å². The third-order valence-corrected chi connectivity index (χ3v) is 4.10. The highest BCUT2D eigenvalue weighted by molar-refractivity contribution is 4.97. The van der Waals surface area contributed by atoms with Crippen LogP contribution in [0, 0.1) is 5.92 Å². The molecule has 1 aromatic heterocycles. The van der Waals surface area contributed by atoms with Crippen LogP contribution in [0.5, 0.6) is 0 Å². The lowest BCUT2D eigenvalue weighted by molar-refractivity contribution is 0.268. The largest absolute Gasteiger partial charge is 0.336 e. The predicted molar refractivity (Wildman–Crippen MR) is 78.8 cm³/mol. The average Bonchev–Trinajstić information content (AvgIpc) is 2.71. The number of rotatable bonds is 6. The van der Waals surface area contributed by atoms with Gasteiger partial charge in [-0.2, -0.15) is 0 Å². The number of nitrogens with zero attached hydrogens (tertiary/aromatic N) is 3. The Morgan fingerprint density at radius 2 is 2.26 bits per heavy atom. The molecule has 0 saturated carbocycles. The molecule has 2 rings (SSSR count). The molecule has 1 aromatic rings. The van der Waals surface area contributed by atoms with E-state index in [0.29, 0.717) is 6.54 Å². The highest BCUT2D eigenvalue weighted by Crippen LogP contribution is 2.22. The second-order valence-electron chi connectivity index (χ2n) is 5.75. The zero-order chi connectivity index (χ0) is 13.5. The first-order chi connectivity index (χ1) is 9.31. The summed E-state index contributed by atoms with van der Waals surface area (Å²) in [6.45, 7) is 7.30. The van der Waals surface area contributed by atoms with Gasteiger partial charge in [0, 0.05) is 25.8 Å². The third-order valence-electron chi connectivity index (χ3n) is 4.10. The Morgan fingerprint density at radius 3 is 3.05 bits per heavy atom. The van der Waals surface area contributed by atoms with E-state index in [-0.39, 0.29) is 0 Å². The molecule has 1 atom stereocenters. The molecule has 0 bridgehead atoms. The summed E-state index contributed by atoms with van der Waals surface area (Å²) in [5.74, 6) is 0.949. The molecule has 1 aliphatic rings. The van der Waals surface area contributed by atoms with Gasteiger partial charge in [-0.1, -0.05) is 19.8 Å². The van der Waals surface area contributed by atoms with Gasteiger partial charge in [-0.15, -0.1) is 0 Å². The van der Waals surface area contributed by atoms with Crippen molar-refractivity contribution < 1.29 is 0 Å². The normalized spacial score (nSPS) is 21.5. The molecule has 4 heteroatoms. The fraction of sp³-hybridized carbons (Fsp3) is 0.800. The first kappa shape index (κ1) is 14.5. The highest BCUT2D eigenvalue weighted by Gasteiger charge is 2.17. The van der Waals surface area contributed by atoms with Crippen LogP contribution < -0.4 is 5.73 Å². The van der Waals surface area contributed by atoms with Crippen molar-refractivity contribution in [3.63, 3.8) is 0 Å². The molecule has 1 unspecified atom stereocenters. The quantitative estimate of drug-likeness (QED) is 0.857. The molecule has 19 heavy (non-hydrogen) atoms. The van der Waals surface area contributed by atoms with Crippen LogP contribution in [0.4, 0.5) is 0 Å². The molecular weight excluding hydrogens is 236 g/mol. The summed E-state index contributed by atoms with van der Waals surface area (Å²) in [7, 11) is 0. The molecule has 0 spiro atoms. The minimum Gasteiger partial charge on any atom is -0.336 e. The first-order valence-corrected chi connectivity index (χ1v) is 7.75. The van der Waals surface area contributed by atoms with E-state index in [4.69, 9.17) is 5.73 Å². The molecule has 0 aromatic carbocycles. The van der Waals surface area contributed by atoms with Gasteiger partial charge in [0.15, 0.2) is 0 Å². The molecule has 0 amide bonds. The second-order valence-corrected chi connectivity index (χ2v) is 5.75. The van der Waals surface area contributed by atoms with Gasteiger partial charge in [0.25, 0.3) is 0 Å². The monoisotopic (exact) mass is 264 g/mol. The van der Waals surface area contributed by atoms with Gasteiger partial charge in [-0.25, -0.2) is 4.98 Å². The molecule has 1 saturated heterocycles. The average molecular weight is 264 g/mol. The number of nitrogens with two attached hydrogens (primary N) is 1. The number of imidazole rings is 1. The van der Waals surface area contributed by atoms with Crippen molar-refractivity contribution in [3.8, 4) is 0 Å². The summed E-state index contributed by atoms with van der Waals surface area (Å²) in [6.07, 6.45) is 10.9. The standard InChI is InChI=1S/C15H28N4/c1-2-4-14-5-3-8-18(9-6-14)11-15-12-19(10-7-16)13-17-15/h12-14H,2-11,16H2,1H3. The minimum absolute atomic E-state index is 0.679. The van der Waals surface area contributed by atoms with Gasteiger partial charge in [-0.3, -0.25) is 4.90 Å². The lowest BCUT2D eigenvalue weighted by atomic mass is 9.96. The Labute approximate surface area is 117 Å². The van der Waals surface area contributed by atoms with Gasteiger partial charge in [0.1, 0.15) is 0 Å². The SMILES string of the molecule is CCCC1CCCN(Cc2cn(CCN)cn2)CC1. The maximum absolute atomic E-state index is 5.56. The Hall–Kier alpha value is -0.870. The van der Waals surface area contributed by atoms with E-state index in [1.165, 1.54) is 50.9 Å². The predicted octanol–water partition coefficient (Wildman–Crippen LogP) is 2.24. The molecule has 2 N–H and O–H groups in total. The van der Waals surface area contributed by atoms with Crippen LogP contribution in [0.2, 0.25) is 0 Å². The number of likely N-dealkylation sites (tertiary alicyclic amines) is 1. The van der Waals surface area contributed by atoms with Crippen molar-refractivity contribution >= 4 is 0 Å². The minimum atomic E-state index is 0.679. The Kier molecular flexibility index (Phi) is 5.86. The number of aromatic nitrogens is 2. The van der Waals surface area contributed by atoms with Gasteiger partial charge in [0.2, 0.25) is 0 Å². The van der Waals surface area contributed by atoms with E-state index < -0.39 is 0 Å². The van der Waals surface area contributed by atoms with Gasteiger partial charge in [-0.05, 0) is 38.3 Å². The molecule has 108 valence electrons. The molecule has 0 aliphatic carbocycles. The van der Waals surface area contributed by atoms with Crippen LogP contribution in [0.1, 0.15) is 44.7 Å². The molecule has 0 radical (unpaired) electrons. The van der Waals surface area contributed by atoms with Crippen molar-refractivity contribution in [1.82, 2.24) is 14.5 Å².